The Kier molecular flexibility index (Phi) is 3.90. The minimum absolute atomic E-state index is 0.0128. The number of Topliss-reactive ketones (excluding diaryl/α,β-unsaturated/α-hetero) is 1. The van der Waals surface area contributed by atoms with Gasteiger partial charge in [-0.15, -0.1) is 11.3 Å². The molecule has 1 atom stereocenters. The van der Waals surface area contributed by atoms with E-state index in [1.54, 1.807) is 6.07 Å². The van der Waals surface area contributed by atoms with E-state index in [1.807, 2.05) is 19.4 Å². The quantitative estimate of drug-likeness (QED) is 0.785. The van der Waals surface area contributed by atoms with E-state index in [9.17, 15) is 4.79 Å². The van der Waals surface area contributed by atoms with Gasteiger partial charge in [0.2, 0.25) is 0 Å². The molecule has 2 nitrogen and oxygen atoms in total. The van der Waals surface area contributed by atoms with Gasteiger partial charge in [-0.2, -0.15) is 0 Å². The number of carbonyl (C=O) groups is 1. The third kappa shape index (κ3) is 2.53. The molecular formula is C9H12ClNOS. The second kappa shape index (κ2) is 4.74. The van der Waals surface area contributed by atoms with Crippen LogP contribution in [0.25, 0.3) is 0 Å². The third-order valence-electron chi connectivity index (χ3n) is 1.80. The molecule has 1 aromatic rings. The van der Waals surface area contributed by atoms with E-state index in [0.717, 1.165) is 0 Å². The van der Waals surface area contributed by atoms with Crippen molar-refractivity contribution >= 4 is 28.7 Å². The van der Waals surface area contributed by atoms with Crippen LogP contribution in [0.5, 0.6) is 0 Å². The molecule has 0 spiro atoms. The molecule has 0 aliphatic rings. The summed E-state index contributed by atoms with van der Waals surface area (Å²) in [5.74, 6) is 0.107. The summed E-state index contributed by atoms with van der Waals surface area (Å²) >= 11 is 7.25. The Morgan fingerprint density at radius 3 is 2.92 bits per heavy atom. The molecule has 13 heavy (non-hydrogen) atoms. The second-order valence-electron chi connectivity index (χ2n) is 2.92. The lowest BCUT2D eigenvalue weighted by molar-refractivity contribution is 0.0934. The number of hydrogen-bond donors (Lipinski definition) is 1. The summed E-state index contributed by atoms with van der Waals surface area (Å²) in [6, 6.07) is 1.76. The van der Waals surface area contributed by atoms with Crippen LogP contribution in [-0.2, 0) is 0 Å². The van der Waals surface area contributed by atoms with Crippen LogP contribution >= 0.6 is 22.9 Å². The fraction of sp³-hybridized carbons (Fsp3) is 0.444. The maximum absolute atomic E-state index is 11.7. The maximum Gasteiger partial charge on any atom is 0.178 e. The van der Waals surface area contributed by atoms with Crippen LogP contribution in [0.3, 0.4) is 0 Å². The van der Waals surface area contributed by atoms with Gasteiger partial charge in [-0.1, -0.05) is 18.5 Å². The fourth-order valence-electron chi connectivity index (χ4n) is 1.09. The Morgan fingerprint density at radius 2 is 2.46 bits per heavy atom. The Balaban J connectivity index is 2.73. The highest BCUT2D eigenvalue weighted by Crippen LogP contribution is 2.24. The molecule has 0 bridgehead atoms. The Bertz CT molecular complexity index is 298. The topological polar surface area (TPSA) is 29.1 Å². The smallest absolute Gasteiger partial charge is 0.178 e. The van der Waals surface area contributed by atoms with Crippen LogP contribution in [0, 0.1) is 5.92 Å². The fourth-order valence-corrected chi connectivity index (χ4v) is 2.29. The van der Waals surface area contributed by atoms with Crippen molar-refractivity contribution in [3.8, 4) is 0 Å². The van der Waals surface area contributed by atoms with E-state index >= 15 is 0 Å². The SMILES string of the molecule is CNCC(C)C(=O)c1sccc1Cl. The van der Waals surface area contributed by atoms with Crippen molar-refractivity contribution in [3.63, 3.8) is 0 Å². The van der Waals surface area contributed by atoms with E-state index < -0.39 is 0 Å². The number of thiophene rings is 1. The molecule has 0 aliphatic heterocycles. The first-order valence-electron chi connectivity index (χ1n) is 4.08. The summed E-state index contributed by atoms with van der Waals surface area (Å²) in [5, 5.41) is 5.37. The highest BCUT2D eigenvalue weighted by molar-refractivity contribution is 7.12. The van der Waals surface area contributed by atoms with E-state index in [2.05, 4.69) is 5.32 Å². The minimum Gasteiger partial charge on any atom is -0.319 e. The van der Waals surface area contributed by atoms with Gasteiger partial charge in [-0.3, -0.25) is 4.79 Å². The summed E-state index contributed by atoms with van der Waals surface area (Å²) in [4.78, 5) is 12.4. The summed E-state index contributed by atoms with van der Waals surface area (Å²) in [5.41, 5.74) is 0. The zero-order chi connectivity index (χ0) is 9.84. The van der Waals surface area contributed by atoms with Crippen LogP contribution in [0.1, 0.15) is 16.6 Å². The zero-order valence-electron chi connectivity index (χ0n) is 7.63. The normalized spacial score (nSPS) is 12.8. The van der Waals surface area contributed by atoms with Crippen LogP contribution in [0.4, 0.5) is 0 Å². The van der Waals surface area contributed by atoms with Crippen LogP contribution in [-0.4, -0.2) is 19.4 Å². The summed E-state index contributed by atoms with van der Waals surface area (Å²) in [7, 11) is 1.83. The molecule has 72 valence electrons. The van der Waals surface area contributed by atoms with Gasteiger partial charge in [-0.25, -0.2) is 0 Å². The molecule has 0 aliphatic carbocycles. The van der Waals surface area contributed by atoms with Crippen LogP contribution in [0.15, 0.2) is 11.4 Å². The molecule has 1 heterocycles. The second-order valence-corrected chi connectivity index (χ2v) is 4.24. The largest absolute Gasteiger partial charge is 0.319 e. The van der Waals surface area contributed by atoms with Crippen molar-refractivity contribution in [2.75, 3.05) is 13.6 Å². The predicted molar refractivity (Wildman–Crippen MR) is 56.8 cm³/mol. The molecule has 1 N–H and O–H groups in total. The third-order valence-corrected chi connectivity index (χ3v) is 3.15. The zero-order valence-corrected chi connectivity index (χ0v) is 9.21. The molecule has 4 heteroatoms. The molecular weight excluding hydrogens is 206 g/mol. The lowest BCUT2D eigenvalue weighted by Gasteiger charge is -2.07. The van der Waals surface area contributed by atoms with E-state index in [-0.39, 0.29) is 11.7 Å². The maximum atomic E-state index is 11.7. The molecule has 0 aromatic carbocycles. The number of rotatable bonds is 4. The number of carbonyl (C=O) groups excluding carboxylic acids is 1. The van der Waals surface area contributed by atoms with Crippen molar-refractivity contribution in [2.24, 2.45) is 5.92 Å². The average Bonchev–Trinajstić information content (AvgIpc) is 2.50. The number of nitrogens with one attached hydrogen (secondary N) is 1. The first-order chi connectivity index (χ1) is 6.16. The van der Waals surface area contributed by atoms with Gasteiger partial charge in [0.05, 0.1) is 9.90 Å². The Hall–Kier alpha value is -0.380. The first kappa shape index (κ1) is 10.7. The molecule has 0 fully saturated rings. The average molecular weight is 218 g/mol. The molecule has 0 saturated heterocycles. The lowest BCUT2D eigenvalue weighted by Crippen LogP contribution is -2.23. The van der Waals surface area contributed by atoms with Gasteiger partial charge in [0.15, 0.2) is 5.78 Å². The minimum atomic E-state index is -0.0128. The first-order valence-corrected chi connectivity index (χ1v) is 5.34. The molecule has 1 rings (SSSR count). The van der Waals surface area contributed by atoms with Crippen LogP contribution < -0.4 is 5.32 Å². The summed E-state index contributed by atoms with van der Waals surface area (Å²) in [6.45, 7) is 2.59. The highest BCUT2D eigenvalue weighted by atomic mass is 35.5. The van der Waals surface area contributed by atoms with Gasteiger partial charge in [0.1, 0.15) is 0 Å². The van der Waals surface area contributed by atoms with E-state index in [4.69, 9.17) is 11.6 Å². The van der Waals surface area contributed by atoms with Crippen LogP contribution in [0.2, 0.25) is 5.02 Å². The predicted octanol–water partition coefficient (Wildman–Crippen LogP) is 2.44. The molecule has 0 amide bonds. The van der Waals surface area contributed by atoms with Gasteiger partial charge >= 0.3 is 0 Å². The van der Waals surface area contributed by atoms with Crippen molar-refractivity contribution in [1.29, 1.82) is 0 Å². The van der Waals surface area contributed by atoms with Crippen molar-refractivity contribution < 1.29 is 4.79 Å². The molecule has 1 aromatic heterocycles. The van der Waals surface area contributed by atoms with Gasteiger partial charge in [0.25, 0.3) is 0 Å². The van der Waals surface area contributed by atoms with Gasteiger partial charge in [-0.05, 0) is 18.5 Å². The van der Waals surface area contributed by atoms with Crippen molar-refractivity contribution in [1.82, 2.24) is 5.32 Å². The highest BCUT2D eigenvalue weighted by Gasteiger charge is 2.17. The molecule has 0 saturated carbocycles. The van der Waals surface area contributed by atoms with E-state index in [0.29, 0.717) is 16.4 Å². The van der Waals surface area contributed by atoms with Crippen molar-refractivity contribution in [2.45, 2.75) is 6.92 Å². The Labute approximate surface area is 86.9 Å². The monoisotopic (exact) mass is 217 g/mol. The molecule has 0 radical (unpaired) electrons. The lowest BCUT2D eigenvalue weighted by atomic mass is 10.1. The summed E-state index contributed by atoms with van der Waals surface area (Å²) in [6.07, 6.45) is 0. The standard InChI is InChI=1S/C9H12ClNOS/c1-6(5-11-2)8(12)9-7(10)3-4-13-9/h3-4,6,11H,5H2,1-2H3. The van der Waals surface area contributed by atoms with Gasteiger partial charge < -0.3 is 5.32 Å². The molecule has 1 unspecified atom stereocenters. The van der Waals surface area contributed by atoms with Gasteiger partial charge in [0, 0.05) is 12.5 Å². The number of halogens is 1. The van der Waals surface area contributed by atoms with E-state index in [1.165, 1.54) is 11.3 Å². The Morgan fingerprint density at radius 1 is 1.77 bits per heavy atom. The summed E-state index contributed by atoms with van der Waals surface area (Å²) < 4.78 is 0. The number of hydrogen-bond acceptors (Lipinski definition) is 3. The number of ketones is 1. The van der Waals surface area contributed by atoms with Crippen molar-refractivity contribution in [3.05, 3.63) is 21.3 Å².